The number of halogens is 1. The summed E-state index contributed by atoms with van der Waals surface area (Å²) in [4.78, 5) is 4.93. The topological polar surface area (TPSA) is 53.8 Å². The summed E-state index contributed by atoms with van der Waals surface area (Å²) >= 11 is 7.82. The number of ether oxygens (including phenoxy) is 1. The average Bonchev–Trinajstić information content (AvgIpc) is 3.24. The fourth-order valence-corrected chi connectivity index (χ4v) is 4.13. The first-order valence-electron chi connectivity index (χ1n) is 8.61. The molecule has 0 saturated heterocycles. The van der Waals surface area contributed by atoms with E-state index in [1.807, 2.05) is 35.7 Å². The summed E-state index contributed by atoms with van der Waals surface area (Å²) in [6.45, 7) is 0. The fraction of sp³-hybridized carbons (Fsp3) is 0.190. The number of rotatable bonds is 4. The van der Waals surface area contributed by atoms with Crippen molar-refractivity contribution in [3.8, 4) is 11.5 Å². The summed E-state index contributed by atoms with van der Waals surface area (Å²) in [6, 6.07) is 15.0. The number of hydrogen-bond acceptors (Lipinski definition) is 5. The molecule has 0 fully saturated rings. The summed E-state index contributed by atoms with van der Waals surface area (Å²) in [6.07, 6.45) is 0.478. The normalized spacial score (nSPS) is 19.6. The Morgan fingerprint density at radius 1 is 1.19 bits per heavy atom. The van der Waals surface area contributed by atoms with E-state index in [-0.39, 0.29) is 18.0 Å². The Kier molecular flexibility index (Phi) is 5.16. The molecule has 3 aromatic rings. The monoisotopic (exact) mass is 398 g/mol. The van der Waals surface area contributed by atoms with Crippen LogP contribution >= 0.6 is 22.9 Å². The van der Waals surface area contributed by atoms with Gasteiger partial charge < -0.3 is 9.84 Å². The predicted molar refractivity (Wildman–Crippen MR) is 110 cm³/mol. The van der Waals surface area contributed by atoms with Crippen LogP contribution in [0, 0.1) is 0 Å². The molecule has 0 bridgehead atoms. The number of hydrogen-bond donors (Lipinski definition) is 2. The molecule has 1 aliphatic heterocycles. The standard InChI is InChI=1S/C21H19ClN2O2S/c1-26-16-5-2-13(3-6-16)18-11-19(17-10-15(22)4-7-20(17)25)24-21(23-18)14-8-9-27-12-14/h2-10,12,19,21,24-25H,11H2,1H3/t19-,21+/m0/s1. The van der Waals surface area contributed by atoms with E-state index < -0.39 is 0 Å². The second kappa shape index (κ2) is 7.72. The Hall–Kier alpha value is -2.34. The van der Waals surface area contributed by atoms with Gasteiger partial charge in [-0.2, -0.15) is 11.3 Å². The van der Waals surface area contributed by atoms with Crippen LogP contribution in [0.2, 0.25) is 5.02 Å². The van der Waals surface area contributed by atoms with E-state index in [0.717, 1.165) is 28.2 Å². The second-order valence-electron chi connectivity index (χ2n) is 6.39. The first-order valence-corrected chi connectivity index (χ1v) is 9.94. The van der Waals surface area contributed by atoms with E-state index in [9.17, 15) is 5.11 Å². The molecule has 1 aliphatic rings. The lowest BCUT2D eigenvalue weighted by molar-refractivity contribution is 0.412. The van der Waals surface area contributed by atoms with Gasteiger partial charge in [0.15, 0.2) is 0 Å². The van der Waals surface area contributed by atoms with Crippen LogP contribution in [0.3, 0.4) is 0 Å². The van der Waals surface area contributed by atoms with Crippen LogP contribution in [0.5, 0.6) is 11.5 Å². The van der Waals surface area contributed by atoms with E-state index in [0.29, 0.717) is 11.4 Å². The lowest BCUT2D eigenvalue weighted by atomic mass is 9.94. The minimum Gasteiger partial charge on any atom is -0.508 e. The van der Waals surface area contributed by atoms with Crippen molar-refractivity contribution in [3.63, 3.8) is 0 Å². The zero-order valence-electron chi connectivity index (χ0n) is 14.7. The van der Waals surface area contributed by atoms with Gasteiger partial charge in [0.2, 0.25) is 0 Å². The number of aliphatic imine (C=N–C) groups is 1. The maximum Gasteiger partial charge on any atom is 0.127 e. The zero-order valence-corrected chi connectivity index (χ0v) is 16.3. The van der Waals surface area contributed by atoms with E-state index in [2.05, 4.69) is 16.8 Å². The highest BCUT2D eigenvalue weighted by atomic mass is 35.5. The molecule has 0 radical (unpaired) electrons. The first kappa shape index (κ1) is 18.0. The van der Waals surface area contributed by atoms with Crippen molar-refractivity contribution in [1.29, 1.82) is 0 Å². The van der Waals surface area contributed by atoms with Crippen molar-refractivity contribution >= 4 is 28.6 Å². The summed E-state index contributed by atoms with van der Waals surface area (Å²) < 4.78 is 5.26. The van der Waals surface area contributed by atoms with Crippen molar-refractivity contribution in [3.05, 3.63) is 81.0 Å². The Bertz CT molecular complexity index is 955. The summed E-state index contributed by atoms with van der Waals surface area (Å²) in [5.41, 5.74) is 3.92. The molecule has 2 heterocycles. The van der Waals surface area contributed by atoms with Gasteiger partial charge in [0, 0.05) is 34.3 Å². The van der Waals surface area contributed by atoms with Gasteiger partial charge in [-0.15, -0.1) is 0 Å². The quantitative estimate of drug-likeness (QED) is 0.623. The van der Waals surface area contributed by atoms with Gasteiger partial charge in [0.1, 0.15) is 17.7 Å². The number of phenols is 1. The summed E-state index contributed by atoms with van der Waals surface area (Å²) in [7, 11) is 1.65. The number of nitrogens with one attached hydrogen (secondary N) is 1. The summed E-state index contributed by atoms with van der Waals surface area (Å²) in [5, 5.41) is 18.6. The molecule has 138 valence electrons. The molecule has 0 amide bonds. The molecule has 4 nitrogen and oxygen atoms in total. The molecule has 27 heavy (non-hydrogen) atoms. The Morgan fingerprint density at radius 3 is 2.70 bits per heavy atom. The maximum absolute atomic E-state index is 10.4. The van der Waals surface area contributed by atoms with E-state index in [1.165, 1.54) is 0 Å². The molecule has 4 rings (SSSR count). The van der Waals surface area contributed by atoms with Gasteiger partial charge in [-0.3, -0.25) is 10.3 Å². The molecule has 0 spiro atoms. The van der Waals surface area contributed by atoms with Gasteiger partial charge in [-0.1, -0.05) is 11.6 Å². The Balaban J connectivity index is 1.73. The average molecular weight is 399 g/mol. The zero-order chi connectivity index (χ0) is 18.8. The molecular formula is C21H19ClN2O2S. The molecule has 0 aliphatic carbocycles. The fourth-order valence-electron chi connectivity index (χ4n) is 3.27. The summed E-state index contributed by atoms with van der Waals surface area (Å²) in [5.74, 6) is 1.05. The lowest BCUT2D eigenvalue weighted by Crippen LogP contribution is -2.32. The SMILES string of the molecule is COc1ccc(C2=N[C@@H](c3ccsc3)N[C@H](c3cc(Cl)ccc3O)C2)cc1. The highest BCUT2D eigenvalue weighted by molar-refractivity contribution is 7.08. The van der Waals surface area contributed by atoms with Gasteiger partial charge in [-0.25, -0.2) is 0 Å². The first-order chi connectivity index (χ1) is 13.1. The third-order valence-corrected chi connectivity index (χ3v) is 5.63. The molecule has 1 aromatic heterocycles. The second-order valence-corrected chi connectivity index (χ2v) is 7.61. The van der Waals surface area contributed by atoms with E-state index in [4.69, 9.17) is 21.3 Å². The highest BCUT2D eigenvalue weighted by Gasteiger charge is 2.28. The van der Waals surface area contributed by atoms with Crippen LogP contribution in [0.1, 0.15) is 35.3 Å². The van der Waals surface area contributed by atoms with Crippen LogP contribution in [0.25, 0.3) is 0 Å². The van der Waals surface area contributed by atoms with Gasteiger partial charge >= 0.3 is 0 Å². The van der Waals surface area contributed by atoms with Crippen molar-refractivity contribution in [2.24, 2.45) is 4.99 Å². The molecule has 2 N–H and O–H groups in total. The third-order valence-electron chi connectivity index (χ3n) is 4.69. The predicted octanol–water partition coefficient (Wildman–Crippen LogP) is 5.34. The van der Waals surface area contributed by atoms with Gasteiger partial charge in [-0.05, 0) is 64.9 Å². The highest BCUT2D eigenvalue weighted by Crippen LogP contribution is 2.36. The van der Waals surface area contributed by atoms with Crippen LogP contribution in [-0.4, -0.2) is 17.9 Å². The third kappa shape index (κ3) is 3.86. The van der Waals surface area contributed by atoms with Gasteiger partial charge in [0.05, 0.1) is 7.11 Å². The lowest BCUT2D eigenvalue weighted by Gasteiger charge is -2.30. The number of nitrogens with zero attached hydrogens (tertiary/aromatic N) is 1. The molecular weight excluding hydrogens is 380 g/mol. The van der Waals surface area contributed by atoms with Crippen LogP contribution in [-0.2, 0) is 0 Å². The van der Waals surface area contributed by atoms with Crippen molar-refractivity contribution in [2.75, 3.05) is 7.11 Å². The maximum atomic E-state index is 10.4. The molecule has 0 saturated carbocycles. The van der Waals surface area contributed by atoms with Crippen LogP contribution in [0.4, 0.5) is 0 Å². The molecule has 0 unspecified atom stereocenters. The number of benzene rings is 2. The Labute approximate surface area is 167 Å². The van der Waals surface area contributed by atoms with Gasteiger partial charge in [0.25, 0.3) is 0 Å². The van der Waals surface area contributed by atoms with Crippen LogP contribution < -0.4 is 10.1 Å². The van der Waals surface area contributed by atoms with Crippen LogP contribution in [0.15, 0.2) is 64.3 Å². The van der Waals surface area contributed by atoms with E-state index >= 15 is 0 Å². The minimum absolute atomic E-state index is 0.0943. The molecule has 2 aromatic carbocycles. The largest absolute Gasteiger partial charge is 0.508 e. The molecule has 6 heteroatoms. The Morgan fingerprint density at radius 2 is 2.00 bits per heavy atom. The molecule has 2 atom stereocenters. The van der Waals surface area contributed by atoms with Crippen molar-refractivity contribution in [2.45, 2.75) is 18.6 Å². The number of phenolic OH excluding ortho intramolecular Hbond substituents is 1. The minimum atomic E-state index is -0.175. The van der Waals surface area contributed by atoms with E-state index in [1.54, 1.807) is 30.6 Å². The van der Waals surface area contributed by atoms with Crippen molar-refractivity contribution < 1.29 is 9.84 Å². The number of thiophene rings is 1. The smallest absolute Gasteiger partial charge is 0.127 e. The number of aromatic hydroxyl groups is 1. The van der Waals surface area contributed by atoms with Crippen molar-refractivity contribution in [1.82, 2.24) is 5.32 Å². The number of methoxy groups -OCH3 is 1.